The SMILES string of the molecule is Cc1cc(C)nc(NS(=O)(=O)c2ccc(OC(C)C)cc2)n1. The highest BCUT2D eigenvalue weighted by Gasteiger charge is 2.16. The molecule has 0 aliphatic heterocycles. The second-order valence-electron chi connectivity index (χ2n) is 5.22. The molecule has 22 heavy (non-hydrogen) atoms. The number of ether oxygens (including phenoxy) is 1. The van der Waals surface area contributed by atoms with E-state index in [1.807, 2.05) is 13.8 Å². The molecule has 0 unspecified atom stereocenters. The van der Waals surface area contributed by atoms with Gasteiger partial charge in [0.25, 0.3) is 10.0 Å². The summed E-state index contributed by atoms with van der Waals surface area (Å²) < 4.78 is 32.5. The molecule has 0 saturated carbocycles. The van der Waals surface area contributed by atoms with Crippen LogP contribution >= 0.6 is 0 Å². The number of nitrogens with zero attached hydrogens (tertiary/aromatic N) is 2. The second-order valence-corrected chi connectivity index (χ2v) is 6.90. The van der Waals surface area contributed by atoms with Gasteiger partial charge in [0.15, 0.2) is 0 Å². The summed E-state index contributed by atoms with van der Waals surface area (Å²) in [7, 11) is -3.72. The molecule has 7 heteroatoms. The molecule has 1 aromatic heterocycles. The summed E-state index contributed by atoms with van der Waals surface area (Å²) in [6, 6.07) is 8.00. The molecule has 1 aromatic carbocycles. The van der Waals surface area contributed by atoms with E-state index in [1.165, 1.54) is 12.1 Å². The van der Waals surface area contributed by atoms with Gasteiger partial charge in [0.05, 0.1) is 11.0 Å². The highest BCUT2D eigenvalue weighted by Crippen LogP contribution is 2.19. The maximum atomic E-state index is 12.3. The fourth-order valence-electron chi connectivity index (χ4n) is 1.92. The average molecular weight is 321 g/mol. The van der Waals surface area contributed by atoms with Gasteiger partial charge in [-0.1, -0.05) is 0 Å². The van der Waals surface area contributed by atoms with Gasteiger partial charge in [-0.3, -0.25) is 0 Å². The molecule has 1 N–H and O–H groups in total. The van der Waals surface area contributed by atoms with Crippen molar-refractivity contribution < 1.29 is 13.2 Å². The minimum atomic E-state index is -3.72. The third kappa shape index (κ3) is 4.17. The molecule has 0 aliphatic rings. The molecule has 0 atom stereocenters. The van der Waals surface area contributed by atoms with Crippen molar-refractivity contribution in [2.24, 2.45) is 0 Å². The first-order valence-electron chi connectivity index (χ1n) is 6.88. The Morgan fingerprint density at radius 2 is 1.59 bits per heavy atom. The van der Waals surface area contributed by atoms with E-state index in [2.05, 4.69) is 14.7 Å². The van der Waals surface area contributed by atoms with E-state index in [1.54, 1.807) is 32.0 Å². The summed E-state index contributed by atoms with van der Waals surface area (Å²) in [5.41, 5.74) is 1.40. The summed E-state index contributed by atoms with van der Waals surface area (Å²) >= 11 is 0. The first-order valence-corrected chi connectivity index (χ1v) is 8.36. The molecule has 0 amide bonds. The molecule has 2 rings (SSSR count). The van der Waals surface area contributed by atoms with E-state index in [-0.39, 0.29) is 16.9 Å². The second kappa shape index (κ2) is 6.31. The van der Waals surface area contributed by atoms with E-state index < -0.39 is 10.0 Å². The van der Waals surface area contributed by atoms with Crippen LogP contribution in [0.25, 0.3) is 0 Å². The van der Waals surface area contributed by atoms with Crippen molar-refractivity contribution in [1.29, 1.82) is 0 Å². The maximum absolute atomic E-state index is 12.3. The number of benzene rings is 1. The Bertz CT molecular complexity index is 736. The maximum Gasteiger partial charge on any atom is 0.264 e. The number of aromatic nitrogens is 2. The standard InChI is InChI=1S/C15H19N3O3S/c1-10(2)21-13-5-7-14(8-6-13)22(19,20)18-15-16-11(3)9-12(4)17-15/h5-10H,1-4H3,(H,16,17,18). The van der Waals surface area contributed by atoms with E-state index >= 15 is 0 Å². The monoisotopic (exact) mass is 321 g/mol. The van der Waals surface area contributed by atoms with Gasteiger partial charge in [0.1, 0.15) is 5.75 Å². The Hall–Kier alpha value is -2.15. The number of nitrogens with one attached hydrogen (secondary N) is 1. The van der Waals surface area contributed by atoms with Gasteiger partial charge in [-0.2, -0.15) is 0 Å². The van der Waals surface area contributed by atoms with Crippen LogP contribution in [0, 0.1) is 13.8 Å². The number of hydrogen-bond acceptors (Lipinski definition) is 5. The van der Waals surface area contributed by atoms with Crippen molar-refractivity contribution in [3.8, 4) is 5.75 Å². The molecule has 0 spiro atoms. The van der Waals surface area contributed by atoms with Crippen LogP contribution in [-0.4, -0.2) is 24.5 Å². The molecule has 0 aliphatic carbocycles. The molecular formula is C15H19N3O3S. The average Bonchev–Trinajstić information content (AvgIpc) is 2.36. The van der Waals surface area contributed by atoms with Crippen LogP contribution in [0.15, 0.2) is 35.2 Å². The summed E-state index contributed by atoms with van der Waals surface area (Å²) in [6.07, 6.45) is 0.0317. The van der Waals surface area contributed by atoms with E-state index in [0.29, 0.717) is 17.1 Å². The number of hydrogen-bond donors (Lipinski definition) is 1. The van der Waals surface area contributed by atoms with Crippen LogP contribution in [0.5, 0.6) is 5.75 Å². The fraction of sp³-hybridized carbons (Fsp3) is 0.333. The summed E-state index contributed by atoms with van der Waals surface area (Å²) in [5.74, 6) is 0.691. The summed E-state index contributed by atoms with van der Waals surface area (Å²) in [5, 5.41) is 0. The van der Waals surface area contributed by atoms with Crippen LogP contribution in [-0.2, 0) is 10.0 Å². The lowest BCUT2D eigenvalue weighted by atomic mass is 10.3. The van der Waals surface area contributed by atoms with Gasteiger partial charge in [0.2, 0.25) is 5.95 Å². The summed E-state index contributed by atoms with van der Waals surface area (Å²) in [4.78, 5) is 8.28. The van der Waals surface area contributed by atoms with Gasteiger partial charge < -0.3 is 4.74 Å². The Balaban J connectivity index is 2.22. The molecule has 0 saturated heterocycles. The van der Waals surface area contributed by atoms with E-state index in [4.69, 9.17) is 4.74 Å². The quantitative estimate of drug-likeness (QED) is 0.915. The fourth-order valence-corrected chi connectivity index (χ4v) is 2.86. The molecule has 2 aromatic rings. The minimum absolute atomic E-state index is 0.0317. The van der Waals surface area contributed by atoms with Gasteiger partial charge >= 0.3 is 0 Å². The normalized spacial score (nSPS) is 11.5. The topological polar surface area (TPSA) is 81.2 Å². The lowest BCUT2D eigenvalue weighted by Crippen LogP contribution is -2.15. The Labute approximate surface area is 130 Å². The van der Waals surface area contributed by atoms with Crippen LogP contribution in [0.2, 0.25) is 0 Å². The van der Waals surface area contributed by atoms with Gasteiger partial charge in [-0.25, -0.2) is 23.1 Å². The zero-order valence-electron chi connectivity index (χ0n) is 13.0. The molecular weight excluding hydrogens is 302 g/mol. The van der Waals surface area contributed by atoms with Crippen molar-refractivity contribution in [2.45, 2.75) is 38.7 Å². The number of rotatable bonds is 5. The van der Waals surface area contributed by atoms with Gasteiger partial charge in [0, 0.05) is 11.4 Å². The zero-order chi connectivity index (χ0) is 16.3. The predicted octanol–water partition coefficient (Wildman–Crippen LogP) is 2.68. The number of aryl methyl sites for hydroxylation is 2. The lowest BCUT2D eigenvalue weighted by molar-refractivity contribution is 0.242. The number of anilines is 1. The van der Waals surface area contributed by atoms with Gasteiger partial charge in [-0.05, 0) is 58.0 Å². The van der Waals surface area contributed by atoms with E-state index in [0.717, 1.165) is 0 Å². The van der Waals surface area contributed by atoms with Crippen LogP contribution in [0.4, 0.5) is 5.95 Å². The highest BCUT2D eigenvalue weighted by molar-refractivity contribution is 7.92. The Kier molecular flexibility index (Phi) is 4.65. The first kappa shape index (κ1) is 16.2. The van der Waals surface area contributed by atoms with Crippen LogP contribution in [0.3, 0.4) is 0 Å². The van der Waals surface area contributed by atoms with Crippen LogP contribution < -0.4 is 9.46 Å². The van der Waals surface area contributed by atoms with Crippen molar-refractivity contribution in [1.82, 2.24) is 9.97 Å². The largest absolute Gasteiger partial charge is 0.491 e. The van der Waals surface area contributed by atoms with E-state index in [9.17, 15) is 8.42 Å². The van der Waals surface area contributed by atoms with Crippen molar-refractivity contribution in [3.63, 3.8) is 0 Å². The van der Waals surface area contributed by atoms with Gasteiger partial charge in [-0.15, -0.1) is 0 Å². The number of sulfonamides is 1. The van der Waals surface area contributed by atoms with Crippen molar-refractivity contribution in [2.75, 3.05) is 4.72 Å². The molecule has 1 heterocycles. The van der Waals surface area contributed by atoms with Crippen molar-refractivity contribution >= 4 is 16.0 Å². The highest BCUT2D eigenvalue weighted by atomic mass is 32.2. The minimum Gasteiger partial charge on any atom is -0.491 e. The predicted molar refractivity (Wildman–Crippen MR) is 84.5 cm³/mol. The summed E-state index contributed by atoms with van der Waals surface area (Å²) in [6.45, 7) is 7.38. The Morgan fingerprint density at radius 3 is 2.09 bits per heavy atom. The molecule has 118 valence electrons. The molecule has 6 nitrogen and oxygen atoms in total. The lowest BCUT2D eigenvalue weighted by Gasteiger charge is -2.11. The molecule has 0 fully saturated rings. The first-order chi connectivity index (χ1) is 10.3. The Morgan fingerprint density at radius 1 is 1.05 bits per heavy atom. The third-order valence-electron chi connectivity index (χ3n) is 2.71. The molecule has 0 bridgehead atoms. The third-order valence-corrected chi connectivity index (χ3v) is 4.06. The zero-order valence-corrected chi connectivity index (χ0v) is 13.8. The van der Waals surface area contributed by atoms with Crippen LogP contribution in [0.1, 0.15) is 25.2 Å². The molecule has 0 radical (unpaired) electrons. The smallest absolute Gasteiger partial charge is 0.264 e. The van der Waals surface area contributed by atoms with Crippen molar-refractivity contribution in [3.05, 3.63) is 41.7 Å².